The fraction of sp³-hybridized carbons (Fsp3) is 0. The Kier molecular flexibility index (Phi) is 5.44. The van der Waals surface area contributed by atoms with E-state index in [1.54, 1.807) is 30.3 Å². The number of hydrogen-bond donors (Lipinski definition) is 2. The van der Waals surface area contributed by atoms with E-state index in [2.05, 4.69) is 10.5 Å². The van der Waals surface area contributed by atoms with E-state index >= 15 is 0 Å². The lowest BCUT2D eigenvalue weighted by Gasteiger charge is -2.02. The van der Waals surface area contributed by atoms with Crippen molar-refractivity contribution < 1.29 is 9.90 Å². The zero-order chi connectivity index (χ0) is 15.4. The predicted octanol–water partition coefficient (Wildman–Crippen LogP) is 4.07. The SMILES string of the molecule is O=C(N/N=C\c1ccc(Cl)cc1Cl)c1ccc(I)c(O)c1. The number of benzene rings is 2. The van der Waals surface area contributed by atoms with Crippen LogP contribution in [0.5, 0.6) is 5.75 Å². The van der Waals surface area contributed by atoms with Crippen LogP contribution in [0.25, 0.3) is 0 Å². The van der Waals surface area contributed by atoms with Gasteiger partial charge in [-0.05, 0) is 52.9 Å². The summed E-state index contributed by atoms with van der Waals surface area (Å²) in [7, 11) is 0. The van der Waals surface area contributed by atoms with Gasteiger partial charge in [-0.3, -0.25) is 4.79 Å². The van der Waals surface area contributed by atoms with Crippen molar-refractivity contribution >= 4 is 57.9 Å². The molecular formula is C14H9Cl2IN2O2. The van der Waals surface area contributed by atoms with Crippen molar-refractivity contribution in [3.63, 3.8) is 0 Å². The van der Waals surface area contributed by atoms with Crippen molar-refractivity contribution in [1.82, 2.24) is 5.43 Å². The molecule has 2 rings (SSSR count). The third kappa shape index (κ3) is 4.33. The molecule has 0 atom stereocenters. The van der Waals surface area contributed by atoms with Crippen molar-refractivity contribution in [2.75, 3.05) is 0 Å². The molecule has 108 valence electrons. The highest BCUT2D eigenvalue weighted by molar-refractivity contribution is 14.1. The summed E-state index contributed by atoms with van der Waals surface area (Å²) < 4.78 is 0.667. The molecule has 1 amide bonds. The molecule has 0 aliphatic carbocycles. The van der Waals surface area contributed by atoms with Gasteiger partial charge in [0.25, 0.3) is 5.91 Å². The Hall–Kier alpha value is -1.31. The molecule has 0 radical (unpaired) electrons. The molecule has 0 saturated carbocycles. The average Bonchev–Trinajstić information content (AvgIpc) is 2.44. The van der Waals surface area contributed by atoms with Crippen molar-refractivity contribution in [2.45, 2.75) is 0 Å². The van der Waals surface area contributed by atoms with E-state index in [0.717, 1.165) is 0 Å². The second-order valence-corrected chi connectivity index (χ2v) is 6.04. The van der Waals surface area contributed by atoms with Gasteiger partial charge in [-0.25, -0.2) is 5.43 Å². The summed E-state index contributed by atoms with van der Waals surface area (Å²) in [5, 5.41) is 14.3. The van der Waals surface area contributed by atoms with E-state index in [1.165, 1.54) is 12.3 Å². The van der Waals surface area contributed by atoms with Gasteiger partial charge < -0.3 is 5.11 Å². The maximum absolute atomic E-state index is 11.8. The summed E-state index contributed by atoms with van der Waals surface area (Å²) >= 11 is 13.7. The van der Waals surface area contributed by atoms with Gasteiger partial charge in [0, 0.05) is 16.1 Å². The van der Waals surface area contributed by atoms with E-state index in [9.17, 15) is 9.90 Å². The molecule has 0 aliphatic heterocycles. The molecule has 0 fully saturated rings. The maximum Gasteiger partial charge on any atom is 0.271 e. The Bertz CT molecular complexity index is 720. The number of hydrazone groups is 1. The highest BCUT2D eigenvalue weighted by Crippen LogP contribution is 2.21. The molecule has 0 saturated heterocycles. The van der Waals surface area contributed by atoms with Crippen LogP contribution in [0.4, 0.5) is 0 Å². The molecule has 2 aromatic rings. The van der Waals surface area contributed by atoms with Gasteiger partial charge in [0.1, 0.15) is 5.75 Å². The molecule has 2 aromatic carbocycles. The molecule has 0 aliphatic rings. The number of nitrogens with zero attached hydrogens (tertiary/aromatic N) is 1. The number of carbonyl (C=O) groups excluding carboxylic acids is 1. The number of aromatic hydroxyl groups is 1. The molecule has 2 N–H and O–H groups in total. The van der Waals surface area contributed by atoms with Gasteiger partial charge in [0.05, 0.1) is 14.8 Å². The van der Waals surface area contributed by atoms with E-state index in [0.29, 0.717) is 24.7 Å². The third-order valence-electron chi connectivity index (χ3n) is 2.54. The molecule has 0 aromatic heterocycles. The molecule has 4 nitrogen and oxygen atoms in total. The molecule has 0 bridgehead atoms. The summed E-state index contributed by atoms with van der Waals surface area (Å²) in [4.78, 5) is 11.8. The number of hydrogen-bond acceptors (Lipinski definition) is 3. The zero-order valence-corrected chi connectivity index (χ0v) is 14.1. The molecular weight excluding hydrogens is 426 g/mol. The van der Waals surface area contributed by atoms with Gasteiger partial charge in [0.2, 0.25) is 0 Å². The average molecular weight is 435 g/mol. The Balaban J connectivity index is 2.06. The minimum Gasteiger partial charge on any atom is -0.507 e. The lowest BCUT2D eigenvalue weighted by molar-refractivity contribution is 0.0954. The van der Waals surface area contributed by atoms with Crippen molar-refractivity contribution in [1.29, 1.82) is 0 Å². The van der Waals surface area contributed by atoms with E-state index in [1.807, 2.05) is 22.6 Å². The lowest BCUT2D eigenvalue weighted by atomic mass is 10.2. The zero-order valence-electron chi connectivity index (χ0n) is 10.5. The van der Waals surface area contributed by atoms with Crippen LogP contribution in [0.3, 0.4) is 0 Å². The number of rotatable bonds is 3. The van der Waals surface area contributed by atoms with Gasteiger partial charge >= 0.3 is 0 Å². The minimum absolute atomic E-state index is 0.0491. The quantitative estimate of drug-likeness (QED) is 0.434. The molecule has 0 heterocycles. The Labute approximate surface area is 144 Å². The van der Waals surface area contributed by atoms with Gasteiger partial charge in [-0.15, -0.1) is 0 Å². The smallest absolute Gasteiger partial charge is 0.271 e. The van der Waals surface area contributed by atoms with E-state index in [4.69, 9.17) is 23.2 Å². The van der Waals surface area contributed by atoms with Gasteiger partial charge in [0.15, 0.2) is 0 Å². The van der Waals surface area contributed by atoms with Crippen LogP contribution in [-0.2, 0) is 0 Å². The van der Waals surface area contributed by atoms with Crippen molar-refractivity contribution in [2.24, 2.45) is 5.10 Å². The fourth-order valence-electron chi connectivity index (χ4n) is 1.49. The lowest BCUT2D eigenvalue weighted by Crippen LogP contribution is -2.17. The van der Waals surface area contributed by atoms with Crippen molar-refractivity contribution in [3.8, 4) is 5.75 Å². The second kappa shape index (κ2) is 7.11. The first-order valence-corrected chi connectivity index (χ1v) is 7.58. The number of phenols is 1. The first-order chi connectivity index (χ1) is 9.97. The number of halogens is 3. The van der Waals surface area contributed by atoms with Crippen LogP contribution < -0.4 is 5.43 Å². The van der Waals surface area contributed by atoms with Gasteiger partial charge in [-0.2, -0.15) is 5.10 Å². The molecule has 0 spiro atoms. The first-order valence-electron chi connectivity index (χ1n) is 5.74. The largest absolute Gasteiger partial charge is 0.507 e. The van der Waals surface area contributed by atoms with Crippen LogP contribution in [0.2, 0.25) is 10.0 Å². The van der Waals surface area contributed by atoms with Crippen LogP contribution >= 0.6 is 45.8 Å². The molecule has 0 unspecified atom stereocenters. The second-order valence-electron chi connectivity index (χ2n) is 4.03. The summed E-state index contributed by atoms with van der Waals surface area (Å²) in [5.74, 6) is -0.379. The fourth-order valence-corrected chi connectivity index (χ4v) is 2.28. The number of nitrogens with one attached hydrogen (secondary N) is 1. The monoisotopic (exact) mass is 434 g/mol. The summed E-state index contributed by atoms with van der Waals surface area (Å²) in [5.41, 5.74) is 3.30. The van der Waals surface area contributed by atoms with Crippen LogP contribution in [0.1, 0.15) is 15.9 Å². The third-order valence-corrected chi connectivity index (χ3v) is 4.02. The van der Waals surface area contributed by atoms with Crippen LogP contribution in [0.15, 0.2) is 41.5 Å². The Morgan fingerprint density at radius 3 is 2.67 bits per heavy atom. The normalized spacial score (nSPS) is 10.8. The number of phenolic OH excluding ortho intramolecular Hbond substituents is 1. The van der Waals surface area contributed by atoms with Crippen molar-refractivity contribution in [3.05, 3.63) is 61.1 Å². The van der Waals surface area contributed by atoms with E-state index in [-0.39, 0.29) is 5.75 Å². The Morgan fingerprint density at radius 1 is 1.24 bits per heavy atom. The standard InChI is InChI=1S/C14H9Cl2IN2O2/c15-10-3-1-9(11(16)6-10)7-18-19-14(21)8-2-4-12(17)13(20)5-8/h1-7,20H,(H,19,21)/b18-7-. The highest BCUT2D eigenvalue weighted by atomic mass is 127. The van der Waals surface area contributed by atoms with Gasteiger partial charge in [-0.1, -0.05) is 29.3 Å². The Morgan fingerprint density at radius 2 is 2.00 bits per heavy atom. The van der Waals surface area contributed by atoms with Crippen LogP contribution in [-0.4, -0.2) is 17.2 Å². The number of carbonyl (C=O) groups is 1. The number of amides is 1. The summed E-state index contributed by atoms with van der Waals surface area (Å²) in [6.45, 7) is 0. The topological polar surface area (TPSA) is 61.7 Å². The highest BCUT2D eigenvalue weighted by Gasteiger charge is 2.07. The minimum atomic E-state index is -0.428. The maximum atomic E-state index is 11.8. The molecule has 7 heteroatoms. The summed E-state index contributed by atoms with van der Waals surface area (Å²) in [6, 6.07) is 9.57. The molecule has 21 heavy (non-hydrogen) atoms. The van der Waals surface area contributed by atoms with E-state index < -0.39 is 5.91 Å². The first kappa shape index (κ1) is 16.1. The van der Waals surface area contributed by atoms with Crippen LogP contribution in [0, 0.1) is 3.57 Å². The predicted molar refractivity (Wildman–Crippen MR) is 92.3 cm³/mol. The summed E-state index contributed by atoms with van der Waals surface area (Å²) in [6.07, 6.45) is 1.42.